The number of rotatable bonds is 9. The van der Waals surface area contributed by atoms with Gasteiger partial charge >= 0.3 is 0 Å². The minimum Gasteiger partial charge on any atom is -0.497 e. The number of nitrogens with zero attached hydrogens (tertiary/aromatic N) is 3. The lowest BCUT2D eigenvalue weighted by molar-refractivity contribution is -0.140. The topological polar surface area (TPSA) is 173 Å². The number of hydrogen-bond donors (Lipinski definition) is 4. The van der Waals surface area contributed by atoms with Crippen LogP contribution < -0.4 is 30.7 Å². The lowest BCUT2D eigenvalue weighted by Gasteiger charge is -2.29. The molecule has 15 heteroatoms. The molecule has 55 heavy (non-hydrogen) atoms. The number of carbonyl (C=O) groups is 5. The van der Waals surface area contributed by atoms with Crippen LogP contribution in [-0.4, -0.2) is 95.2 Å². The number of amides is 5. The minimum absolute atomic E-state index is 0.0558. The van der Waals surface area contributed by atoms with Crippen LogP contribution in [0.2, 0.25) is 5.02 Å². The molecule has 0 spiro atoms. The molecule has 3 heterocycles. The van der Waals surface area contributed by atoms with Crippen molar-refractivity contribution < 1.29 is 33.4 Å². The van der Waals surface area contributed by atoms with Crippen molar-refractivity contribution >= 4 is 41.1 Å². The van der Waals surface area contributed by atoms with E-state index in [2.05, 4.69) is 40.2 Å². The van der Waals surface area contributed by atoms with E-state index in [0.29, 0.717) is 41.3 Å². The van der Waals surface area contributed by atoms with Crippen LogP contribution in [0.25, 0.3) is 0 Å². The summed E-state index contributed by atoms with van der Waals surface area (Å²) in [5.74, 6) is -0.871. The van der Waals surface area contributed by atoms with Gasteiger partial charge in [-0.25, -0.2) is 0 Å². The van der Waals surface area contributed by atoms with Crippen molar-refractivity contribution in [1.29, 1.82) is 0 Å². The van der Waals surface area contributed by atoms with Crippen LogP contribution in [0.1, 0.15) is 67.3 Å². The number of fused-ring (bicyclic) bond motifs is 17. The first kappa shape index (κ1) is 41.1. The molecule has 2 bridgehead atoms. The Morgan fingerprint density at radius 1 is 1.02 bits per heavy atom. The van der Waals surface area contributed by atoms with Gasteiger partial charge in [0.15, 0.2) is 0 Å². The number of benzene rings is 2. The van der Waals surface area contributed by atoms with Crippen LogP contribution in [0.5, 0.6) is 11.5 Å². The van der Waals surface area contributed by atoms with Gasteiger partial charge in [0.05, 0.1) is 30.4 Å². The van der Waals surface area contributed by atoms with Gasteiger partial charge in [0.25, 0.3) is 5.91 Å². The lowest BCUT2D eigenvalue weighted by Crippen LogP contribution is -2.58. The zero-order chi connectivity index (χ0) is 39.8. The van der Waals surface area contributed by atoms with Gasteiger partial charge in [0.1, 0.15) is 41.9 Å². The fourth-order valence-corrected chi connectivity index (χ4v) is 6.87. The number of hydrogen-bond acceptors (Lipinski definition) is 8. The Labute approximate surface area is 327 Å². The molecule has 0 unspecified atom stereocenters. The average molecular weight is 778 g/mol. The van der Waals surface area contributed by atoms with Crippen LogP contribution in [-0.2, 0) is 39.1 Å². The third-order valence-corrected chi connectivity index (χ3v) is 10.2. The molecule has 2 aliphatic heterocycles. The smallest absolute Gasteiger partial charge is 0.271 e. The summed E-state index contributed by atoms with van der Waals surface area (Å²) >= 11 is 6.44. The highest BCUT2D eigenvalue weighted by molar-refractivity contribution is 6.34. The Balaban J connectivity index is 1.49. The number of methoxy groups -OCH3 is 1. The Morgan fingerprint density at radius 2 is 1.71 bits per heavy atom. The number of carbonyl (C=O) groups excluding carboxylic acids is 5. The Bertz CT molecular complexity index is 1840. The van der Waals surface area contributed by atoms with E-state index in [-0.39, 0.29) is 60.5 Å². The molecule has 3 aromatic rings. The normalized spacial score (nSPS) is 21.7. The van der Waals surface area contributed by atoms with Crippen molar-refractivity contribution in [2.24, 2.45) is 18.9 Å². The van der Waals surface area contributed by atoms with E-state index in [9.17, 15) is 24.0 Å². The maximum atomic E-state index is 14.2. The maximum absolute atomic E-state index is 14.2. The number of ether oxygens (including phenoxy) is 2. The molecule has 1 aromatic heterocycles. The van der Waals surface area contributed by atoms with Crippen molar-refractivity contribution in [3.8, 4) is 11.5 Å². The van der Waals surface area contributed by atoms with E-state index in [4.69, 9.17) is 21.1 Å². The van der Waals surface area contributed by atoms with E-state index in [1.54, 1.807) is 76.5 Å². The summed E-state index contributed by atoms with van der Waals surface area (Å²) in [5.41, 5.74) is 1.95. The highest BCUT2D eigenvalue weighted by Crippen LogP contribution is 2.30. The molecule has 3 aliphatic rings. The summed E-state index contributed by atoms with van der Waals surface area (Å²) in [6.45, 7) is 7.77. The SMILES string of the molecule is COc1ccc(C[C@@H]2NC(=O)[C@@H](NC(=O)c3c(Cl)c(C)nn3C)Cc3ccc(cc3)OC[C@H](CC(C)C)NC(=O)CN(CC3CC3)C(=O)[C@@H](C)NC2=O)cc1. The third-order valence-electron chi connectivity index (χ3n) is 9.70. The Kier molecular flexibility index (Phi) is 13.8. The second-order valence-corrected chi connectivity index (χ2v) is 15.3. The van der Waals surface area contributed by atoms with Crippen LogP contribution in [0.15, 0.2) is 48.5 Å². The van der Waals surface area contributed by atoms with Gasteiger partial charge < -0.3 is 35.6 Å². The van der Waals surface area contributed by atoms with Crippen molar-refractivity contribution in [3.05, 3.63) is 76.1 Å². The highest BCUT2D eigenvalue weighted by Gasteiger charge is 2.34. The van der Waals surface area contributed by atoms with Gasteiger partial charge in [0, 0.05) is 26.4 Å². The molecule has 4 atom stereocenters. The fourth-order valence-electron chi connectivity index (χ4n) is 6.63. The second-order valence-electron chi connectivity index (χ2n) is 15.0. The molecule has 296 valence electrons. The molecule has 5 amide bonds. The second kappa shape index (κ2) is 18.5. The maximum Gasteiger partial charge on any atom is 0.271 e. The molecule has 1 saturated carbocycles. The van der Waals surface area contributed by atoms with Crippen molar-refractivity contribution in [2.45, 2.75) is 84.0 Å². The van der Waals surface area contributed by atoms with Gasteiger partial charge in [-0.1, -0.05) is 49.7 Å². The third kappa shape index (κ3) is 11.5. The van der Waals surface area contributed by atoms with Gasteiger partial charge in [-0.15, -0.1) is 0 Å². The van der Waals surface area contributed by atoms with E-state index >= 15 is 0 Å². The van der Waals surface area contributed by atoms with E-state index in [0.717, 1.165) is 12.8 Å². The monoisotopic (exact) mass is 777 g/mol. The van der Waals surface area contributed by atoms with E-state index in [1.807, 2.05) is 0 Å². The average Bonchev–Trinajstić information content (AvgIpc) is 3.92. The predicted molar refractivity (Wildman–Crippen MR) is 207 cm³/mol. The van der Waals surface area contributed by atoms with Crippen LogP contribution in [0, 0.1) is 18.8 Å². The molecular weight excluding hydrogens is 726 g/mol. The minimum atomic E-state index is -1.16. The van der Waals surface area contributed by atoms with Gasteiger partial charge in [-0.3, -0.25) is 28.7 Å². The molecule has 2 aromatic carbocycles. The summed E-state index contributed by atoms with van der Waals surface area (Å²) in [4.78, 5) is 70.8. The molecule has 6 rings (SSSR count). The van der Waals surface area contributed by atoms with Crippen molar-refractivity contribution in [1.82, 2.24) is 35.9 Å². The quantitative estimate of drug-likeness (QED) is 0.240. The largest absolute Gasteiger partial charge is 0.497 e. The van der Waals surface area contributed by atoms with Gasteiger partial charge in [-0.2, -0.15) is 5.10 Å². The summed E-state index contributed by atoms with van der Waals surface area (Å²) in [5, 5.41) is 15.9. The first-order valence-electron chi connectivity index (χ1n) is 18.7. The van der Waals surface area contributed by atoms with Crippen LogP contribution >= 0.6 is 11.6 Å². The number of nitrogens with one attached hydrogen (secondary N) is 4. The molecule has 1 fully saturated rings. The lowest BCUT2D eigenvalue weighted by atomic mass is 10.0. The standard InChI is InChI=1S/C40H52ClN7O7/c1-23(2)17-29-22-55-31-15-11-27(12-16-31)19-33(45-39(52)36-35(41)24(3)46-47(36)5)38(51)44-32(18-26-9-13-30(54-6)14-10-26)37(50)42-25(4)40(53)48(20-28-7-8-28)21-34(49)43-29/h9-16,23,25,28-29,32-33H,7-8,17-22H2,1-6H3,(H,42,50)(H,43,49)(H,44,51)(H,45,52)/t25-,29+,32+,33+/m1/s1. The van der Waals surface area contributed by atoms with Gasteiger partial charge in [-0.05, 0) is 80.3 Å². The first-order valence-corrected chi connectivity index (χ1v) is 19.1. The zero-order valence-corrected chi connectivity index (χ0v) is 33.1. The highest BCUT2D eigenvalue weighted by atomic mass is 35.5. The summed E-state index contributed by atoms with van der Waals surface area (Å²) in [7, 11) is 3.13. The van der Waals surface area contributed by atoms with Gasteiger partial charge in [0.2, 0.25) is 23.6 Å². The van der Waals surface area contributed by atoms with Crippen molar-refractivity contribution in [3.63, 3.8) is 0 Å². The Hall–Kier alpha value is -5.11. The molecule has 14 nitrogen and oxygen atoms in total. The van der Waals surface area contributed by atoms with E-state index in [1.165, 1.54) is 9.58 Å². The number of halogens is 1. The van der Waals surface area contributed by atoms with Crippen LogP contribution in [0.3, 0.4) is 0 Å². The molecule has 4 N–H and O–H groups in total. The molecule has 1 aliphatic carbocycles. The molecule has 0 saturated heterocycles. The zero-order valence-electron chi connectivity index (χ0n) is 32.3. The molecule has 0 radical (unpaired) electrons. The fraction of sp³-hybridized carbons (Fsp3) is 0.500. The predicted octanol–water partition coefficient (Wildman–Crippen LogP) is 3.13. The first-order chi connectivity index (χ1) is 26.2. The summed E-state index contributed by atoms with van der Waals surface area (Å²) in [6.07, 6.45) is 2.68. The van der Waals surface area contributed by atoms with Crippen molar-refractivity contribution in [2.75, 3.05) is 26.8 Å². The Morgan fingerprint density at radius 3 is 2.31 bits per heavy atom. The molecular formula is C40H52ClN7O7. The number of aryl methyl sites for hydroxylation is 2. The summed E-state index contributed by atoms with van der Waals surface area (Å²) < 4.78 is 12.8. The number of aromatic nitrogens is 2. The van der Waals surface area contributed by atoms with E-state index < -0.39 is 41.8 Å². The van der Waals surface area contributed by atoms with Crippen LogP contribution in [0.4, 0.5) is 0 Å². The summed E-state index contributed by atoms with van der Waals surface area (Å²) in [6, 6.07) is 10.5.